The molecule has 0 fully saturated rings. The Kier molecular flexibility index (Phi) is 1.76. The summed E-state index contributed by atoms with van der Waals surface area (Å²) in [5.74, 6) is 0. The van der Waals surface area contributed by atoms with Crippen LogP contribution in [0.25, 0.3) is 0 Å². The molecule has 2 nitrogen and oxygen atoms in total. The van der Waals surface area contributed by atoms with E-state index >= 15 is 0 Å². The van der Waals surface area contributed by atoms with E-state index in [1.54, 1.807) is 0 Å². The third-order valence-corrected chi connectivity index (χ3v) is 1.19. The predicted octanol–water partition coefficient (Wildman–Crippen LogP) is 0.429. The van der Waals surface area contributed by atoms with Crippen molar-refractivity contribution in [1.29, 1.82) is 0 Å². The molecule has 60 valence electrons. The molecule has 1 aromatic heterocycles. The molecular formula is C5H4BF3NO-. The van der Waals surface area contributed by atoms with Gasteiger partial charge in [-0.05, 0) is 6.20 Å². The highest BCUT2D eigenvalue weighted by Gasteiger charge is 2.25. The van der Waals surface area contributed by atoms with Gasteiger partial charge in [-0.3, -0.25) is 4.79 Å². The molecule has 11 heavy (non-hydrogen) atoms. The molecule has 1 N–H and O–H groups in total. The van der Waals surface area contributed by atoms with Gasteiger partial charge in [0.2, 0.25) is 5.56 Å². The van der Waals surface area contributed by atoms with Crippen LogP contribution in [0.4, 0.5) is 12.9 Å². The number of hydrogen-bond acceptors (Lipinski definition) is 1. The second-order valence-corrected chi connectivity index (χ2v) is 2.06. The van der Waals surface area contributed by atoms with Crippen LogP contribution in [0.1, 0.15) is 0 Å². The highest BCUT2D eigenvalue weighted by molar-refractivity contribution is 6.73. The maximum absolute atomic E-state index is 11.9. The molecule has 6 heteroatoms. The fourth-order valence-electron chi connectivity index (χ4n) is 0.626. The summed E-state index contributed by atoms with van der Waals surface area (Å²) in [6.45, 7) is -4.99. The molecule has 0 bridgehead atoms. The van der Waals surface area contributed by atoms with Crippen molar-refractivity contribution in [1.82, 2.24) is 4.98 Å². The van der Waals surface area contributed by atoms with Gasteiger partial charge in [0, 0.05) is 6.07 Å². The van der Waals surface area contributed by atoms with Crippen LogP contribution in [0.3, 0.4) is 0 Å². The molecule has 1 aromatic rings. The molecule has 0 aliphatic carbocycles. The number of pyridine rings is 1. The monoisotopic (exact) mass is 162 g/mol. The minimum Gasteiger partial charge on any atom is -0.445 e. The van der Waals surface area contributed by atoms with Crippen LogP contribution in [0.5, 0.6) is 0 Å². The van der Waals surface area contributed by atoms with E-state index < -0.39 is 18.0 Å². The Hall–Kier alpha value is -1.20. The second kappa shape index (κ2) is 2.45. The highest BCUT2D eigenvalue weighted by atomic mass is 19.4. The maximum atomic E-state index is 11.9. The summed E-state index contributed by atoms with van der Waals surface area (Å²) in [7, 11) is 0. The summed E-state index contributed by atoms with van der Waals surface area (Å²) in [5, 5.41) is 0. The third kappa shape index (κ3) is 1.86. The maximum Gasteiger partial charge on any atom is 0.511 e. The molecule has 0 aromatic carbocycles. The van der Waals surface area contributed by atoms with E-state index in [4.69, 9.17) is 0 Å². The molecule has 0 unspecified atom stereocenters. The molecule has 0 saturated carbocycles. The number of halogens is 3. The zero-order valence-corrected chi connectivity index (χ0v) is 5.35. The Bertz CT molecular complexity index is 285. The quantitative estimate of drug-likeness (QED) is 0.596. The minimum atomic E-state index is -4.99. The number of aromatic amines is 1. The van der Waals surface area contributed by atoms with Gasteiger partial charge in [0.15, 0.2) is 0 Å². The number of nitrogens with one attached hydrogen (secondary N) is 1. The van der Waals surface area contributed by atoms with Crippen molar-refractivity contribution in [2.45, 2.75) is 0 Å². The number of aromatic nitrogens is 1. The molecule has 0 aliphatic rings. The number of rotatable bonds is 1. The van der Waals surface area contributed by atoms with E-state index in [9.17, 15) is 17.7 Å². The summed E-state index contributed by atoms with van der Waals surface area (Å²) in [6.07, 6.45) is 0.669. The van der Waals surface area contributed by atoms with Gasteiger partial charge in [-0.25, -0.2) is 0 Å². The van der Waals surface area contributed by atoms with Gasteiger partial charge in [-0.2, -0.15) is 0 Å². The number of hydrogen-bond donors (Lipinski definition) is 1. The molecule has 1 rings (SSSR count). The summed E-state index contributed by atoms with van der Waals surface area (Å²) in [4.78, 5) is 12.3. The largest absolute Gasteiger partial charge is 0.511 e. The first-order valence-corrected chi connectivity index (χ1v) is 2.89. The summed E-state index contributed by atoms with van der Waals surface area (Å²) >= 11 is 0. The summed E-state index contributed by atoms with van der Waals surface area (Å²) < 4.78 is 35.6. The standard InChI is InChI=1S/C5H4BF3NO/c7-6(8,9)4-1-2-5(11)10-3-4/h1-3H,(H,10,11)/q-1. The van der Waals surface area contributed by atoms with Gasteiger partial charge >= 0.3 is 6.98 Å². The van der Waals surface area contributed by atoms with Crippen LogP contribution in [0, 0.1) is 0 Å². The lowest BCUT2D eigenvalue weighted by atomic mass is 9.82. The Labute approximate surface area is 60.1 Å². The third-order valence-electron chi connectivity index (χ3n) is 1.19. The minimum absolute atomic E-state index is 0.534. The Morgan fingerprint density at radius 2 is 1.91 bits per heavy atom. The van der Waals surface area contributed by atoms with E-state index in [-0.39, 0.29) is 0 Å². The Balaban J connectivity index is 3.09. The first-order chi connectivity index (χ1) is 5.00. The molecule has 0 radical (unpaired) electrons. The van der Waals surface area contributed by atoms with Gasteiger partial charge in [0.1, 0.15) is 0 Å². The fraction of sp³-hybridized carbons (Fsp3) is 0. The summed E-state index contributed by atoms with van der Waals surface area (Å²) in [5.41, 5.74) is -1.32. The van der Waals surface area contributed by atoms with Gasteiger partial charge in [-0.1, -0.05) is 11.5 Å². The van der Waals surface area contributed by atoms with Crippen LogP contribution < -0.4 is 11.0 Å². The van der Waals surface area contributed by atoms with Crippen LogP contribution in [0.2, 0.25) is 0 Å². The van der Waals surface area contributed by atoms with Gasteiger partial charge < -0.3 is 17.9 Å². The van der Waals surface area contributed by atoms with Crippen LogP contribution in [-0.4, -0.2) is 12.0 Å². The molecule has 0 atom stereocenters. The summed E-state index contributed by atoms with van der Waals surface area (Å²) in [6, 6.07) is 1.61. The van der Waals surface area contributed by atoms with Crippen molar-refractivity contribution in [3.05, 3.63) is 28.7 Å². The van der Waals surface area contributed by atoms with E-state index in [1.165, 1.54) is 0 Å². The predicted molar refractivity (Wildman–Crippen MR) is 35.8 cm³/mol. The number of H-pyrrole nitrogens is 1. The van der Waals surface area contributed by atoms with Crippen molar-refractivity contribution in [2.24, 2.45) is 0 Å². The van der Waals surface area contributed by atoms with Crippen molar-refractivity contribution in [2.75, 3.05) is 0 Å². The lowest BCUT2D eigenvalue weighted by Crippen LogP contribution is -2.35. The zero-order chi connectivity index (χ0) is 8.48. The van der Waals surface area contributed by atoms with Crippen LogP contribution >= 0.6 is 0 Å². The van der Waals surface area contributed by atoms with Crippen molar-refractivity contribution in [3.8, 4) is 0 Å². The normalized spacial score (nSPS) is 11.5. The van der Waals surface area contributed by atoms with E-state index in [0.717, 1.165) is 12.1 Å². The smallest absolute Gasteiger partial charge is 0.445 e. The Morgan fingerprint density at radius 3 is 2.27 bits per heavy atom. The highest BCUT2D eigenvalue weighted by Crippen LogP contribution is 2.06. The van der Waals surface area contributed by atoms with Crippen molar-refractivity contribution < 1.29 is 12.9 Å². The first kappa shape index (κ1) is 7.91. The fourth-order valence-corrected chi connectivity index (χ4v) is 0.626. The van der Waals surface area contributed by atoms with E-state index in [2.05, 4.69) is 0 Å². The first-order valence-electron chi connectivity index (χ1n) is 2.89. The van der Waals surface area contributed by atoms with Crippen LogP contribution in [0.15, 0.2) is 23.1 Å². The lowest BCUT2D eigenvalue weighted by molar-refractivity contribution is 0.500. The van der Waals surface area contributed by atoms with Gasteiger partial charge in [0.05, 0.1) is 0 Å². The molecule has 0 amide bonds. The van der Waals surface area contributed by atoms with Gasteiger partial charge in [-0.15, -0.1) is 0 Å². The zero-order valence-electron chi connectivity index (χ0n) is 5.35. The molecule has 0 spiro atoms. The average molecular weight is 162 g/mol. The average Bonchev–Trinajstić information content (AvgIpc) is 1.86. The van der Waals surface area contributed by atoms with E-state index in [0.29, 0.717) is 6.20 Å². The lowest BCUT2D eigenvalue weighted by Gasteiger charge is -2.12. The van der Waals surface area contributed by atoms with E-state index in [1.807, 2.05) is 4.98 Å². The topological polar surface area (TPSA) is 32.9 Å². The molecular weight excluding hydrogens is 158 g/mol. The van der Waals surface area contributed by atoms with Crippen molar-refractivity contribution in [3.63, 3.8) is 0 Å². The van der Waals surface area contributed by atoms with Crippen molar-refractivity contribution >= 4 is 12.4 Å². The SMILES string of the molecule is O=c1ccc([B-](F)(F)F)c[nH]1. The molecule has 0 aliphatic heterocycles. The molecule has 1 heterocycles. The Morgan fingerprint density at radius 1 is 1.27 bits per heavy atom. The second-order valence-electron chi connectivity index (χ2n) is 2.06. The van der Waals surface area contributed by atoms with Gasteiger partial charge in [0.25, 0.3) is 0 Å². The molecule has 0 saturated heterocycles. The van der Waals surface area contributed by atoms with Crippen LogP contribution in [-0.2, 0) is 0 Å².